The standard InChI is InChI=1S/C31H37NO6/c1-21(38-20-22-10-8-7-9-11-22)28-27(31(2,36-5)37-6)30(33)32(28)29(23-12-16-25(34-3)17-13-23)24-14-18-26(35-4)19-15-24/h7-19,21,27-29H,20H2,1-6H3/t21-,27+,28+/m0/s1. The number of β-lactam (4-membered cyclic amide) rings is 1. The number of carbonyl (C=O) groups is 1. The Bertz CT molecular complexity index is 1130. The predicted molar refractivity (Wildman–Crippen MR) is 145 cm³/mol. The number of rotatable bonds is 12. The van der Waals surface area contributed by atoms with Gasteiger partial charge in [0.1, 0.15) is 17.4 Å². The molecule has 4 rings (SSSR count). The van der Waals surface area contributed by atoms with Crippen molar-refractivity contribution in [1.82, 2.24) is 4.90 Å². The van der Waals surface area contributed by atoms with Crippen molar-refractivity contribution in [3.8, 4) is 11.5 Å². The lowest BCUT2D eigenvalue weighted by Gasteiger charge is -2.57. The van der Waals surface area contributed by atoms with Gasteiger partial charge >= 0.3 is 0 Å². The Morgan fingerprint density at radius 1 is 0.789 bits per heavy atom. The molecule has 7 nitrogen and oxygen atoms in total. The molecule has 38 heavy (non-hydrogen) atoms. The molecule has 0 bridgehead atoms. The largest absolute Gasteiger partial charge is 0.497 e. The lowest BCUT2D eigenvalue weighted by molar-refractivity contribution is -0.268. The summed E-state index contributed by atoms with van der Waals surface area (Å²) in [6, 6.07) is 24.9. The van der Waals surface area contributed by atoms with Gasteiger partial charge in [-0.15, -0.1) is 0 Å². The molecule has 3 aromatic carbocycles. The van der Waals surface area contributed by atoms with Crippen molar-refractivity contribution in [1.29, 1.82) is 0 Å². The van der Waals surface area contributed by atoms with E-state index in [0.717, 1.165) is 28.2 Å². The number of methoxy groups -OCH3 is 4. The first-order valence-corrected chi connectivity index (χ1v) is 12.7. The second-order valence-electron chi connectivity index (χ2n) is 9.59. The first-order chi connectivity index (χ1) is 18.4. The molecule has 1 amide bonds. The molecule has 1 heterocycles. The van der Waals surface area contributed by atoms with E-state index >= 15 is 0 Å². The Morgan fingerprint density at radius 2 is 1.29 bits per heavy atom. The summed E-state index contributed by atoms with van der Waals surface area (Å²) in [4.78, 5) is 15.9. The molecular weight excluding hydrogens is 482 g/mol. The van der Waals surface area contributed by atoms with Crippen LogP contribution in [-0.2, 0) is 25.6 Å². The van der Waals surface area contributed by atoms with Crippen molar-refractivity contribution in [2.45, 2.75) is 44.4 Å². The topological polar surface area (TPSA) is 66.5 Å². The molecule has 1 saturated heterocycles. The molecule has 0 spiro atoms. The van der Waals surface area contributed by atoms with Crippen LogP contribution in [-0.4, -0.2) is 57.2 Å². The van der Waals surface area contributed by atoms with E-state index in [2.05, 4.69) is 0 Å². The normalized spacial score (nSPS) is 18.3. The number of likely N-dealkylation sites (tertiary alicyclic amines) is 1. The molecule has 1 aliphatic heterocycles. The summed E-state index contributed by atoms with van der Waals surface area (Å²) in [6.07, 6.45) is -0.304. The zero-order chi connectivity index (χ0) is 27.3. The van der Waals surface area contributed by atoms with Crippen molar-refractivity contribution >= 4 is 5.91 Å². The van der Waals surface area contributed by atoms with E-state index in [1.807, 2.05) is 90.7 Å². The Hall–Kier alpha value is -3.39. The van der Waals surface area contributed by atoms with Crippen molar-refractivity contribution in [3.05, 3.63) is 95.6 Å². The molecular formula is C31H37NO6. The summed E-state index contributed by atoms with van der Waals surface area (Å²) in [6.45, 7) is 4.24. The summed E-state index contributed by atoms with van der Waals surface area (Å²) in [7, 11) is 6.40. The van der Waals surface area contributed by atoms with Crippen molar-refractivity contribution in [2.75, 3.05) is 28.4 Å². The molecule has 7 heteroatoms. The molecule has 202 valence electrons. The van der Waals surface area contributed by atoms with E-state index in [1.165, 1.54) is 0 Å². The zero-order valence-electron chi connectivity index (χ0n) is 22.9. The average Bonchev–Trinajstić information content (AvgIpc) is 2.97. The summed E-state index contributed by atoms with van der Waals surface area (Å²) < 4.78 is 28.6. The predicted octanol–water partition coefficient (Wildman–Crippen LogP) is 5.23. The van der Waals surface area contributed by atoms with Gasteiger partial charge in [0, 0.05) is 14.2 Å². The number of benzene rings is 3. The van der Waals surface area contributed by atoms with Crippen LogP contribution in [0.5, 0.6) is 11.5 Å². The van der Waals surface area contributed by atoms with Crippen LogP contribution in [0.2, 0.25) is 0 Å². The van der Waals surface area contributed by atoms with Gasteiger partial charge in [-0.1, -0.05) is 54.6 Å². The van der Waals surface area contributed by atoms with Gasteiger partial charge in [-0.25, -0.2) is 0 Å². The fraction of sp³-hybridized carbons (Fsp3) is 0.387. The van der Waals surface area contributed by atoms with Crippen LogP contribution in [0.4, 0.5) is 0 Å². The van der Waals surface area contributed by atoms with E-state index in [1.54, 1.807) is 35.4 Å². The lowest BCUT2D eigenvalue weighted by atomic mass is 9.75. The third kappa shape index (κ3) is 5.41. The van der Waals surface area contributed by atoms with Crippen LogP contribution >= 0.6 is 0 Å². The molecule has 0 aliphatic carbocycles. The number of ether oxygens (including phenoxy) is 5. The Morgan fingerprint density at radius 3 is 1.74 bits per heavy atom. The number of carbonyl (C=O) groups excluding carboxylic acids is 1. The molecule has 3 aromatic rings. The molecule has 0 radical (unpaired) electrons. The van der Waals surface area contributed by atoms with Crippen LogP contribution in [0.1, 0.15) is 36.6 Å². The van der Waals surface area contributed by atoms with E-state index < -0.39 is 11.7 Å². The van der Waals surface area contributed by atoms with Crippen molar-refractivity contribution in [3.63, 3.8) is 0 Å². The molecule has 3 atom stereocenters. The Labute approximate surface area is 225 Å². The SMILES string of the molecule is COc1ccc(C(c2ccc(OC)cc2)N2C(=O)[C@H](C(C)(OC)OC)[C@H]2[C@H](C)OCc2ccccc2)cc1. The average molecular weight is 520 g/mol. The zero-order valence-corrected chi connectivity index (χ0v) is 22.9. The minimum absolute atomic E-state index is 0.0620. The number of hydrogen-bond donors (Lipinski definition) is 0. The Kier molecular flexibility index (Phi) is 8.72. The smallest absolute Gasteiger partial charge is 0.234 e. The third-order valence-electron chi connectivity index (χ3n) is 7.54. The summed E-state index contributed by atoms with van der Waals surface area (Å²) >= 11 is 0. The summed E-state index contributed by atoms with van der Waals surface area (Å²) in [5.74, 6) is -0.224. The molecule has 1 aliphatic rings. The number of nitrogens with zero attached hydrogens (tertiary/aromatic N) is 1. The lowest BCUT2D eigenvalue weighted by Crippen LogP contribution is -2.72. The van der Waals surface area contributed by atoms with Gasteiger partial charge in [0.05, 0.1) is 39.0 Å². The Balaban J connectivity index is 1.75. The third-order valence-corrected chi connectivity index (χ3v) is 7.54. The minimum Gasteiger partial charge on any atom is -0.497 e. The van der Waals surface area contributed by atoms with Crippen molar-refractivity contribution < 1.29 is 28.5 Å². The van der Waals surface area contributed by atoms with Crippen LogP contribution in [0.3, 0.4) is 0 Å². The quantitative estimate of drug-likeness (QED) is 0.241. The first kappa shape index (κ1) is 27.6. The van der Waals surface area contributed by atoms with Gasteiger partial charge in [0.25, 0.3) is 0 Å². The van der Waals surface area contributed by atoms with Crippen LogP contribution < -0.4 is 9.47 Å². The van der Waals surface area contributed by atoms with Gasteiger partial charge in [0.2, 0.25) is 5.91 Å². The van der Waals surface area contributed by atoms with Crippen LogP contribution in [0, 0.1) is 5.92 Å². The highest BCUT2D eigenvalue weighted by molar-refractivity contribution is 5.88. The highest BCUT2D eigenvalue weighted by Gasteiger charge is 2.61. The van der Waals surface area contributed by atoms with Gasteiger partial charge in [0.15, 0.2) is 5.79 Å². The van der Waals surface area contributed by atoms with E-state index in [9.17, 15) is 4.79 Å². The highest BCUT2D eigenvalue weighted by Crippen LogP contribution is 2.47. The summed E-state index contributed by atoms with van der Waals surface area (Å²) in [5, 5.41) is 0. The van der Waals surface area contributed by atoms with E-state index in [4.69, 9.17) is 23.7 Å². The molecule has 1 fully saturated rings. The maximum atomic E-state index is 14.0. The fourth-order valence-corrected chi connectivity index (χ4v) is 5.19. The molecule has 0 unspecified atom stereocenters. The monoisotopic (exact) mass is 519 g/mol. The van der Waals surface area contributed by atoms with Crippen LogP contribution in [0.25, 0.3) is 0 Å². The van der Waals surface area contributed by atoms with Gasteiger partial charge in [-0.05, 0) is 54.8 Å². The van der Waals surface area contributed by atoms with Gasteiger partial charge < -0.3 is 28.6 Å². The second-order valence-corrected chi connectivity index (χ2v) is 9.59. The maximum Gasteiger partial charge on any atom is 0.234 e. The summed E-state index contributed by atoms with van der Waals surface area (Å²) in [5.41, 5.74) is 2.98. The number of hydrogen-bond acceptors (Lipinski definition) is 6. The minimum atomic E-state index is -1.10. The number of amides is 1. The highest BCUT2D eigenvalue weighted by atomic mass is 16.7. The molecule has 0 saturated carbocycles. The molecule has 0 aromatic heterocycles. The fourth-order valence-electron chi connectivity index (χ4n) is 5.19. The van der Waals surface area contributed by atoms with Crippen molar-refractivity contribution in [2.24, 2.45) is 5.92 Å². The first-order valence-electron chi connectivity index (χ1n) is 12.7. The van der Waals surface area contributed by atoms with E-state index in [0.29, 0.717) is 6.61 Å². The van der Waals surface area contributed by atoms with Gasteiger partial charge in [-0.2, -0.15) is 0 Å². The second kappa shape index (κ2) is 12.0. The van der Waals surface area contributed by atoms with Crippen LogP contribution in [0.15, 0.2) is 78.9 Å². The van der Waals surface area contributed by atoms with Gasteiger partial charge in [-0.3, -0.25) is 4.79 Å². The van der Waals surface area contributed by atoms with E-state index in [-0.39, 0.29) is 24.1 Å². The molecule has 0 N–H and O–H groups in total. The maximum absolute atomic E-state index is 14.0.